The third-order valence-electron chi connectivity index (χ3n) is 5.86. The van der Waals surface area contributed by atoms with Crippen molar-refractivity contribution in [1.82, 2.24) is 0 Å². The number of amidine groups is 1. The summed E-state index contributed by atoms with van der Waals surface area (Å²) >= 11 is 1.25. The predicted molar refractivity (Wildman–Crippen MR) is 149 cm³/mol. The number of hydrogen-bond acceptors (Lipinski definition) is 5. The van der Waals surface area contributed by atoms with E-state index in [1.807, 2.05) is 88.4 Å². The molecule has 1 N–H and O–H groups in total. The molecule has 3 aromatic carbocycles. The lowest BCUT2D eigenvalue weighted by Gasteiger charge is -2.22. The largest absolute Gasteiger partial charge is 0.497 e. The normalized spacial score (nSPS) is 14.2. The fourth-order valence-corrected chi connectivity index (χ4v) is 5.00. The first-order valence-corrected chi connectivity index (χ1v) is 12.6. The average molecular weight is 500 g/mol. The minimum absolute atomic E-state index is 0.122. The molecule has 1 aliphatic heterocycles. The van der Waals surface area contributed by atoms with E-state index in [-0.39, 0.29) is 17.6 Å². The van der Waals surface area contributed by atoms with E-state index in [1.165, 1.54) is 11.8 Å². The molecule has 36 heavy (non-hydrogen) atoms. The van der Waals surface area contributed by atoms with Crippen LogP contribution in [0.3, 0.4) is 0 Å². The van der Waals surface area contributed by atoms with Crippen molar-refractivity contribution < 1.29 is 14.3 Å². The second-order valence-corrected chi connectivity index (χ2v) is 9.68. The van der Waals surface area contributed by atoms with Crippen molar-refractivity contribution in [2.75, 3.05) is 23.1 Å². The number of methoxy groups -OCH3 is 1. The Bertz CT molecular complexity index is 1350. The van der Waals surface area contributed by atoms with Crippen molar-refractivity contribution in [2.24, 2.45) is 4.99 Å². The molecule has 0 spiro atoms. The Hall–Kier alpha value is -3.84. The average Bonchev–Trinajstić information content (AvgIpc) is 3.14. The summed E-state index contributed by atoms with van der Waals surface area (Å²) in [4.78, 5) is 32.7. The Morgan fingerprint density at radius 1 is 1.00 bits per heavy atom. The van der Waals surface area contributed by atoms with E-state index < -0.39 is 0 Å². The molecular formula is C29H29N3O3S. The summed E-state index contributed by atoms with van der Waals surface area (Å²) in [6.45, 7) is 7.95. The Morgan fingerprint density at radius 3 is 2.31 bits per heavy atom. The Morgan fingerprint density at radius 2 is 1.67 bits per heavy atom. The predicted octanol–water partition coefficient (Wildman–Crippen LogP) is 6.04. The number of benzene rings is 3. The maximum absolute atomic E-state index is 13.6. The Kier molecular flexibility index (Phi) is 7.60. The number of para-hydroxylation sites is 1. The number of amides is 2. The highest BCUT2D eigenvalue weighted by Crippen LogP contribution is 2.34. The van der Waals surface area contributed by atoms with Gasteiger partial charge in [-0.25, -0.2) is 4.99 Å². The number of anilines is 2. The standard InChI is InChI=1S/C29H29N3O3S/c1-18-14-20(3)27(21(4)15-18)32-28(34)25(16-22-10-12-23(35-5)13-11-22)31-29(32)36-17-26(33)30-24-9-7-6-8-19(24)2/h6-16H,17H2,1-5H3,(H,30,33)/b25-16-. The van der Waals surface area contributed by atoms with Crippen molar-refractivity contribution in [3.8, 4) is 5.75 Å². The summed E-state index contributed by atoms with van der Waals surface area (Å²) in [7, 11) is 1.61. The number of aliphatic imine (C=N–C) groups is 1. The maximum atomic E-state index is 13.6. The summed E-state index contributed by atoms with van der Waals surface area (Å²) in [6, 6.07) is 19.2. The van der Waals surface area contributed by atoms with Gasteiger partial charge in [-0.1, -0.05) is 59.8 Å². The molecule has 0 radical (unpaired) electrons. The zero-order valence-electron chi connectivity index (χ0n) is 21.1. The van der Waals surface area contributed by atoms with Gasteiger partial charge >= 0.3 is 0 Å². The van der Waals surface area contributed by atoms with Gasteiger partial charge in [-0.15, -0.1) is 0 Å². The molecule has 2 amide bonds. The van der Waals surface area contributed by atoms with Crippen LogP contribution in [-0.4, -0.2) is 29.8 Å². The molecule has 0 saturated heterocycles. The lowest BCUT2D eigenvalue weighted by atomic mass is 10.0. The first kappa shape index (κ1) is 25.3. The fraction of sp³-hybridized carbons (Fsp3) is 0.207. The number of nitrogens with zero attached hydrogens (tertiary/aromatic N) is 2. The summed E-state index contributed by atoms with van der Waals surface area (Å²) in [5, 5.41) is 3.43. The highest BCUT2D eigenvalue weighted by molar-refractivity contribution is 8.14. The molecule has 0 aromatic heterocycles. The Balaban J connectivity index is 1.64. The summed E-state index contributed by atoms with van der Waals surface area (Å²) < 4.78 is 5.23. The van der Waals surface area contributed by atoms with E-state index in [0.29, 0.717) is 10.9 Å². The smallest absolute Gasteiger partial charge is 0.283 e. The number of carbonyl (C=O) groups excluding carboxylic acids is 2. The number of hydrogen-bond donors (Lipinski definition) is 1. The van der Waals surface area contributed by atoms with Gasteiger partial charge in [-0.05, 0) is 74.2 Å². The van der Waals surface area contributed by atoms with Crippen LogP contribution < -0.4 is 15.0 Å². The molecule has 6 nitrogen and oxygen atoms in total. The van der Waals surface area contributed by atoms with E-state index in [0.717, 1.165) is 44.9 Å². The van der Waals surface area contributed by atoms with E-state index >= 15 is 0 Å². The van der Waals surface area contributed by atoms with Gasteiger partial charge in [0.15, 0.2) is 5.17 Å². The highest BCUT2D eigenvalue weighted by atomic mass is 32.2. The third-order valence-corrected chi connectivity index (χ3v) is 6.80. The van der Waals surface area contributed by atoms with Crippen LogP contribution in [-0.2, 0) is 9.59 Å². The Labute approximate surface area is 216 Å². The quantitative estimate of drug-likeness (QED) is 0.420. The van der Waals surface area contributed by atoms with Crippen LogP contribution in [0.1, 0.15) is 27.8 Å². The van der Waals surface area contributed by atoms with Crippen LogP contribution in [0.2, 0.25) is 0 Å². The van der Waals surface area contributed by atoms with Crippen LogP contribution in [0.25, 0.3) is 6.08 Å². The van der Waals surface area contributed by atoms with Crippen molar-refractivity contribution >= 4 is 46.2 Å². The number of ether oxygens (including phenoxy) is 1. The van der Waals surface area contributed by atoms with Gasteiger partial charge in [-0.3, -0.25) is 14.5 Å². The second kappa shape index (κ2) is 10.8. The second-order valence-electron chi connectivity index (χ2n) is 8.74. The van der Waals surface area contributed by atoms with Crippen LogP contribution >= 0.6 is 11.8 Å². The topological polar surface area (TPSA) is 71.0 Å². The molecule has 0 aliphatic carbocycles. The van der Waals surface area contributed by atoms with E-state index in [2.05, 4.69) is 10.3 Å². The summed E-state index contributed by atoms with van der Waals surface area (Å²) in [5.41, 5.74) is 6.79. The van der Waals surface area contributed by atoms with E-state index in [9.17, 15) is 9.59 Å². The molecule has 0 fully saturated rings. The molecule has 1 aliphatic rings. The molecule has 0 unspecified atom stereocenters. The molecule has 0 atom stereocenters. The van der Waals surface area contributed by atoms with Crippen molar-refractivity contribution in [3.05, 3.63) is 94.2 Å². The number of nitrogens with one attached hydrogen (secondary N) is 1. The van der Waals surface area contributed by atoms with Gasteiger partial charge in [0.1, 0.15) is 11.4 Å². The number of thioether (sulfide) groups is 1. The molecule has 1 heterocycles. The van der Waals surface area contributed by atoms with Crippen molar-refractivity contribution in [1.29, 1.82) is 0 Å². The summed E-state index contributed by atoms with van der Waals surface area (Å²) in [5.74, 6) is 0.482. The molecule has 3 aromatic rings. The molecule has 7 heteroatoms. The third kappa shape index (κ3) is 5.52. The van der Waals surface area contributed by atoms with Gasteiger partial charge in [0.25, 0.3) is 5.91 Å². The zero-order chi connectivity index (χ0) is 25.8. The summed E-state index contributed by atoms with van der Waals surface area (Å²) in [6.07, 6.45) is 1.76. The van der Waals surface area contributed by atoms with Crippen LogP contribution in [0.4, 0.5) is 11.4 Å². The number of aryl methyl sites for hydroxylation is 4. The van der Waals surface area contributed by atoms with E-state index in [4.69, 9.17) is 4.74 Å². The number of carbonyl (C=O) groups is 2. The first-order valence-electron chi connectivity index (χ1n) is 11.6. The molecule has 0 saturated carbocycles. The molecule has 184 valence electrons. The maximum Gasteiger partial charge on any atom is 0.283 e. The molecule has 0 bridgehead atoms. The molecule has 4 rings (SSSR count). The number of rotatable bonds is 6. The van der Waals surface area contributed by atoms with Crippen LogP contribution in [0, 0.1) is 27.7 Å². The van der Waals surface area contributed by atoms with Crippen LogP contribution in [0.5, 0.6) is 5.75 Å². The van der Waals surface area contributed by atoms with Crippen LogP contribution in [0.15, 0.2) is 71.4 Å². The first-order chi connectivity index (χ1) is 17.3. The van der Waals surface area contributed by atoms with Gasteiger partial charge < -0.3 is 10.1 Å². The van der Waals surface area contributed by atoms with Crippen molar-refractivity contribution in [3.63, 3.8) is 0 Å². The van der Waals surface area contributed by atoms with E-state index in [1.54, 1.807) is 18.1 Å². The monoisotopic (exact) mass is 499 g/mol. The minimum atomic E-state index is -0.220. The fourth-order valence-electron chi connectivity index (χ4n) is 4.20. The minimum Gasteiger partial charge on any atom is -0.497 e. The van der Waals surface area contributed by atoms with Gasteiger partial charge in [0.2, 0.25) is 5.91 Å². The molecular weight excluding hydrogens is 470 g/mol. The van der Waals surface area contributed by atoms with Crippen molar-refractivity contribution in [2.45, 2.75) is 27.7 Å². The lowest BCUT2D eigenvalue weighted by Crippen LogP contribution is -2.32. The van der Waals surface area contributed by atoms with Gasteiger partial charge in [-0.2, -0.15) is 0 Å². The van der Waals surface area contributed by atoms with Gasteiger partial charge in [0.05, 0.1) is 18.6 Å². The highest BCUT2D eigenvalue weighted by Gasteiger charge is 2.34. The zero-order valence-corrected chi connectivity index (χ0v) is 21.9. The van der Waals surface area contributed by atoms with Gasteiger partial charge in [0, 0.05) is 5.69 Å². The SMILES string of the molecule is COc1ccc(/C=C2\N=C(SCC(=O)Nc3ccccc3C)N(c3c(C)cc(C)cc3C)C2=O)cc1. The lowest BCUT2D eigenvalue weighted by molar-refractivity contribution is -0.114.